The van der Waals surface area contributed by atoms with E-state index >= 15 is 0 Å². The van der Waals surface area contributed by atoms with Crippen molar-refractivity contribution in [3.63, 3.8) is 0 Å². The van der Waals surface area contributed by atoms with Gasteiger partial charge in [0.25, 0.3) is 0 Å². The number of aromatic nitrogens is 1. The summed E-state index contributed by atoms with van der Waals surface area (Å²) >= 11 is 1.74. The summed E-state index contributed by atoms with van der Waals surface area (Å²) in [7, 11) is 0. The van der Waals surface area contributed by atoms with Crippen molar-refractivity contribution >= 4 is 27.2 Å². The Balaban J connectivity index is 2.11. The second kappa shape index (κ2) is 5.27. The molecule has 2 aromatic rings. The average Bonchev–Trinajstić information content (AvgIpc) is 2.75. The number of thiophene rings is 1. The molecule has 0 fully saturated rings. The number of ether oxygens (including phenoxy) is 1. The molecule has 0 aliphatic carbocycles. The van der Waals surface area contributed by atoms with Crippen molar-refractivity contribution in [2.24, 2.45) is 0 Å². The van der Waals surface area contributed by atoms with Gasteiger partial charge < -0.3 is 10.1 Å². The molecule has 0 aromatic carbocycles. The van der Waals surface area contributed by atoms with Gasteiger partial charge in [-0.25, -0.2) is 4.98 Å². The second-order valence-electron chi connectivity index (χ2n) is 3.70. The Hall–Kier alpha value is -1.13. The third-order valence-electron chi connectivity index (χ3n) is 2.33. The minimum absolute atomic E-state index is 0.276. The Morgan fingerprint density at radius 1 is 1.50 bits per heavy atom. The lowest BCUT2D eigenvalue weighted by Crippen LogP contribution is -2.22. The van der Waals surface area contributed by atoms with Gasteiger partial charge in [-0.3, -0.25) is 0 Å². The van der Waals surface area contributed by atoms with E-state index in [4.69, 9.17) is 4.74 Å². The van der Waals surface area contributed by atoms with Gasteiger partial charge in [0.05, 0.1) is 6.61 Å². The predicted molar refractivity (Wildman–Crippen MR) is 69.2 cm³/mol. The molecule has 0 radical (unpaired) electrons. The number of nitrogens with one attached hydrogen (secondary N) is 1. The molecule has 0 spiro atoms. The van der Waals surface area contributed by atoms with Crippen LogP contribution in [0.1, 0.15) is 13.8 Å². The number of fused-ring (bicyclic) bond motifs is 1. The summed E-state index contributed by atoms with van der Waals surface area (Å²) in [4.78, 5) is 4.37. The predicted octanol–water partition coefficient (Wildman–Crippen LogP) is 3.13. The van der Waals surface area contributed by atoms with Crippen LogP contribution in [0.2, 0.25) is 0 Å². The second-order valence-corrected chi connectivity index (χ2v) is 4.64. The fourth-order valence-corrected chi connectivity index (χ4v) is 2.36. The van der Waals surface area contributed by atoms with Crippen LogP contribution in [-0.4, -0.2) is 24.2 Å². The van der Waals surface area contributed by atoms with E-state index in [1.54, 1.807) is 11.3 Å². The quantitative estimate of drug-likeness (QED) is 0.866. The molecule has 0 saturated heterocycles. The van der Waals surface area contributed by atoms with Gasteiger partial charge in [0, 0.05) is 28.9 Å². The maximum atomic E-state index is 5.37. The van der Waals surface area contributed by atoms with Crippen molar-refractivity contribution in [1.29, 1.82) is 0 Å². The van der Waals surface area contributed by atoms with Crippen LogP contribution in [0.15, 0.2) is 23.7 Å². The van der Waals surface area contributed by atoms with Gasteiger partial charge >= 0.3 is 0 Å². The van der Waals surface area contributed by atoms with Crippen molar-refractivity contribution in [1.82, 2.24) is 4.98 Å². The molecular formula is C12H16N2OS. The zero-order valence-corrected chi connectivity index (χ0v) is 10.4. The van der Waals surface area contributed by atoms with Crippen LogP contribution in [0.3, 0.4) is 0 Å². The molecule has 0 amide bonds. The first-order valence-corrected chi connectivity index (χ1v) is 6.35. The van der Waals surface area contributed by atoms with Gasteiger partial charge in [-0.1, -0.05) is 0 Å². The van der Waals surface area contributed by atoms with Crippen LogP contribution >= 0.6 is 11.3 Å². The molecule has 2 heterocycles. The summed E-state index contributed by atoms with van der Waals surface area (Å²) in [5.74, 6) is 0.950. The molecule has 0 bridgehead atoms. The first-order chi connectivity index (χ1) is 7.81. The number of hydrogen-bond donors (Lipinski definition) is 1. The third kappa shape index (κ3) is 2.51. The van der Waals surface area contributed by atoms with Gasteiger partial charge in [0.1, 0.15) is 5.82 Å². The van der Waals surface area contributed by atoms with E-state index in [1.165, 1.54) is 10.1 Å². The Morgan fingerprint density at radius 3 is 3.19 bits per heavy atom. The standard InChI is InChI=1S/C12H16N2OS/c1-3-15-8-9(2)14-12-10-5-7-16-11(10)4-6-13-12/h4-7,9H,3,8H2,1-2H3,(H,13,14). The molecule has 4 heteroatoms. The molecule has 2 rings (SSSR count). The molecule has 1 N–H and O–H groups in total. The lowest BCUT2D eigenvalue weighted by molar-refractivity contribution is 0.141. The highest BCUT2D eigenvalue weighted by atomic mass is 32.1. The molecule has 3 nitrogen and oxygen atoms in total. The Kier molecular flexibility index (Phi) is 3.74. The first-order valence-electron chi connectivity index (χ1n) is 5.47. The Labute approximate surface area is 99.5 Å². The molecule has 0 aliphatic heterocycles. The lowest BCUT2D eigenvalue weighted by Gasteiger charge is -2.14. The highest BCUT2D eigenvalue weighted by Crippen LogP contribution is 2.25. The maximum Gasteiger partial charge on any atom is 0.134 e. The van der Waals surface area contributed by atoms with E-state index in [9.17, 15) is 0 Å². The molecule has 0 saturated carbocycles. The summed E-state index contributed by atoms with van der Waals surface area (Å²) in [6.45, 7) is 5.56. The fraction of sp³-hybridized carbons (Fsp3) is 0.417. The van der Waals surface area contributed by atoms with Gasteiger partial charge in [-0.05, 0) is 31.4 Å². The van der Waals surface area contributed by atoms with E-state index in [0.29, 0.717) is 6.61 Å². The zero-order chi connectivity index (χ0) is 11.4. The first kappa shape index (κ1) is 11.4. The van der Waals surface area contributed by atoms with Gasteiger partial charge in [0.2, 0.25) is 0 Å². The van der Waals surface area contributed by atoms with Crippen molar-refractivity contribution in [3.8, 4) is 0 Å². The summed E-state index contributed by atoms with van der Waals surface area (Å²) in [6.07, 6.45) is 1.84. The smallest absolute Gasteiger partial charge is 0.134 e. The van der Waals surface area contributed by atoms with Crippen molar-refractivity contribution in [2.45, 2.75) is 19.9 Å². The van der Waals surface area contributed by atoms with Crippen LogP contribution in [0, 0.1) is 0 Å². The third-order valence-corrected chi connectivity index (χ3v) is 3.22. The lowest BCUT2D eigenvalue weighted by atomic mass is 10.3. The molecule has 1 unspecified atom stereocenters. The SMILES string of the molecule is CCOCC(C)Nc1nccc2sccc12. The minimum Gasteiger partial charge on any atom is -0.380 e. The summed E-state index contributed by atoms with van der Waals surface area (Å²) in [5, 5.41) is 6.65. The van der Waals surface area contributed by atoms with Gasteiger partial charge in [0.15, 0.2) is 0 Å². The number of nitrogens with zero attached hydrogens (tertiary/aromatic N) is 1. The van der Waals surface area contributed by atoms with Crippen LogP contribution in [0.5, 0.6) is 0 Å². The number of rotatable bonds is 5. The molecule has 1 atom stereocenters. The van der Waals surface area contributed by atoms with Crippen LogP contribution < -0.4 is 5.32 Å². The van der Waals surface area contributed by atoms with E-state index < -0.39 is 0 Å². The molecule has 86 valence electrons. The number of anilines is 1. The molecule has 2 aromatic heterocycles. The minimum atomic E-state index is 0.276. The summed E-state index contributed by atoms with van der Waals surface area (Å²) in [6, 6.07) is 4.42. The van der Waals surface area contributed by atoms with Gasteiger partial charge in [-0.15, -0.1) is 11.3 Å². The average molecular weight is 236 g/mol. The molecule has 0 aliphatic rings. The highest BCUT2D eigenvalue weighted by Gasteiger charge is 2.06. The fourth-order valence-electron chi connectivity index (χ4n) is 1.58. The van der Waals surface area contributed by atoms with E-state index in [0.717, 1.165) is 12.4 Å². The van der Waals surface area contributed by atoms with Crippen molar-refractivity contribution in [3.05, 3.63) is 23.7 Å². The van der Waals surface area contributed by atoms with E-state index in [1.807, 2.05) is 19.2 Å². The van der Waals surface area contributed by atoms with Crippen molar-refractivity contribution in [2.75, 3.05) is 18.5 Å². The highest BCUT2D eigenvalue weighted by molar-refractivity contribution is 7.17. The van der Waals surface area contributed by atoms with Crippen molar-refractivity contribution < 1.29 is 4.74 Å². The summed E-state index contributed by atoms with van der Waals surface area (Å²) < 4.78 is 6.64. The largest absolute Gasteiger partial charge is 0.380 e. The number of hydrogen-bond acceptors (Lipinski definition) is 4. The normalized spacial score (nSPS) is 12.9. The maximum absolute atomic E-state index is 5.37. The monoisotopic (exact) mass is 236 g/mol. The zero-order valence-electron chi connectivity index (χ0n) is 9.56. The van der Waals surface area contributed by atoms with Crippen LogP contribution in [0.4, 0.5) is 5.82 Å². The number of pyridine rings is 1. The molecule has 16 heavy (non-hydrogen) atoms. The Morgan fingerprint density at radius 2 is 2.38 bits per heavy atom. The van der Waals surface area contributed by atoms with Gasteiger partial charge in [-0.2, -0.15) is 0 Å². The van der Waals surface area contributed by atoms with E-state index in [2.05, 4.69) is 28.7 Å². The van der Waals surface area contributed by atoms with E-state index in [-0.39, 0.29) is 6.04 Å². The van der Waals surface area contributed by atoms with Crippen LogP contribution in [-0.2, 0) is 4.74 Å². The topological polar surface area (TPSA) is 34.1 Å². The summed E-state index contributed by atoms with van der Waals surface area (Å²) in [5.41, 5.74) is 0. The molecular weight excluding hydrogens is 220 g/mol. The Bertz CT molecular complexity index is 455. The van der Waals surface area contributed by atoms with Crippen LogP contribution in [0.25, 0.3) is 10.1 Å².